The molecule has 7 heterocycles. The van der Waals surface area contributed by atoms with Gasteiger partial charge in [-0.05, 0) is 101 Å². The third-order valence-corrected chi connectivity index (χ3v) is 9.18. The average Bonchev–Trinajstić information content (AvgIpc) is 3.86. The van der Waals surface area contributed by atoms with E-state index in [4.69, 9.17) is 42.6 Å². The fourth-order valence-corrected chi connectivity index (χ4v) is 5.87. The molecule has 23 heteroatoms. The number of fused-ring (bicyclic) bond motifs is 2. The molecule has 0 unspecified atom stereocenters. The molecule has 1 fully saturated rings. The number of pyridine rings is 2. The maximum absolute atomic E-state index is 8.64. The molecule has 0 spiro atoms. The van der Waals surface area contributed by atoms with Gasteiger partial charge in [-0.15, -0.1) is 23.2 Å². The van der Waals surface area contributed by atoms with Crippen LogP contribution in [0.25, 0.3) is 33.3 Å². The van der Waals surface area contributed by atoms with Gasteiger partial charge >= 0.3 is 110 Å². The molecule has 0 saturated carbocycles. The third kappa shape index (κ3) is 15.0. The molecule has 15 nitrogen and oxygen atoms in total. The van der Waals surface area contributed by atoms with Crippen molar-refractivity contribution in [2.75, 3.05) is 0 Å². The van der Waals surface area contributed by atoms with Crippen molar-refractivity contribution in [2.45, 2.75) is 50.7 Å². The van der Waals surface area contributed by atoms with Crippen LogP contribution in [-0.4, -0.2) is 78.7 Å². The molecule has 1 aliphatic heterocycles. The summed E-state index contributed by atoms with van der Waals surface area (Å²) in [5, 5.41) is 27.6. The second-order valence-electron chi connectivity index (χ2n) is 12.1. The molecule has 1 aliphatic rings. The van der Waals surface area contributed by atoms with Crippen LogP contribution in [0.1, 0.15) is 36.0 Å². The predicted octanol–water partition coefficient (Wildman–Crippen LogP) is -0.449. The van der Waals surface area contributed by atoms with E-state index in [1.807, 2.05) is 86.6 Å². The summed E-state index contributed by atoms with van der Waals surface area (Å²) in [6.45, 7) is 9.70. The van der Waals surface area contributed by atoms with Gasteiger partial charge in [-0.3, -0.25) is 14.2 Å². The maximum Gasteiger partial charge on any atom is 1.00 e. The van der Waals surface area contributed by atoms with Crippen LogP contribution in [-0.2, 0) is 47.2 Å². The van der Waals surface area contributed by atoms with Crippen molar-refractivity contribution in [3.63, 3.8) is 0 Å². The Morgan fingerprint density at radius 2 is 1.31 bits per heavy atom. The molecule has 6 aromatic rings. The van der Waals surface area contributed by atoms with E-state index in [-0.39, 0.29) is 134 Å². The van der Waals surface area contributed by atoms with Gasteiger partial charge in [0.15, 0.2) is 11.3 Å². The quantitative estimate of drug-likeness (QED) is 0.0564. The van der Waals surface area contributed by atoms with E-state index in [9.17, 15) is 0 Å². The number of halogens is 5. The van der Waals surface area contributed by atoms with Crippen LogP contribution in [0.4, 0.5) is 0 Å². The van der Waals surface area contributed by atoms with Gasteiger partial charge in [0.2, 0.25) is 0 Å². The van der Waals surface area contributed by atoms with Crippen LogP contribution >= 0.6 is 77.7 Å². The molecule has 282 valence electrons. The summed E-state index contributed by atoms with van der Waals surface area (Å²) in [7, 11) is 7.26. The number of hydrogen-bond acceptors (Lipinski definition) is 11. The number of aromatic nitrogens is 10. The Hall–Kier alpha value is 0.618. The van der Waals surface area contributed by atoms with Crippen molar-refractivity contribution in [1.29, 1.82) is 0 Å². The number of nitrogens with zero attached hydrogens (tertiary/aromatic N) is 10. The standard InChI is InChI=1S/C11H10BrN5.C10H17BN2O2.C7H5BrIN3.C2H4Cl2.CH2O3.2K.H/c1-16-6-7(4-14-16)10-9-3-8(12)5-13-11(9)17(2)15-10;1-9(2)10(3,4)15-11(14-9)8-6-12-13(5)7-8;1-12-7-5(6(9)11-12)2-4(8)3-10-7;1-2(3)4;2-1-4-3;;;/h3-6H,1-2H3;6-7H,1-5H3;2-3H,1H3;2H,1H3;1,3H;;;/q;;;;;2*+1;-1/p-1. The van der Waals surface area contributed by atoms with Gasteiger partial charge in [-0.25, -0.2) is 19.3 Å². The number of carbonyl (C=O) groups is 1. The molecule has 0 radical (unpaired) electrons. The topological polar surface area (TPSA) is 165 Å². The molecular weight excluding hydrogens is 1040 g/mol. The van der Waals surface area contributed by atoms with Crippen molar-refractivity contribution >= 4 is 119 Å². The van der Waals surface area contributed by atoms with E-state index in [2.05, 4.69) is 89.7 Å². The van der Waals surface area contributed by atoms with Crippen LogP contribution in [0, 0.1) is 3.70 Å². The minimum atomic E-state index is -0.302. The molecule has 0 aromatic carbocycles. The monoisotopic (exact) mass is 1070 g/mol. The summed E-state index contributed by atoms with van der Waals surface area (Å²) >= 11 is 19.1. The minimum Gasteiger partial charge on any atom is -1.00 e. The van der Waals surface area contributed by atoms with Crippen molar-refractivity contribution < 1.29 is 128 Å². The van der Waals surface area contributed by atoms with Crippen molar-refractivity contribution in [3.8, 4) is 11.3 Å². The summed E-state index contributed by atoms with van der Waals surface area (Å²) < 4.78 is 21.8. The number of carbonyl (C=O) groups excluding carboxylic acids is 1. The third-order valence-electron chi connectivity index (χ3n) is 7.51. The Kier molecular flexibility index (Phi) is 23.4. The fourth-order valence-electron chi connectivity index (χ4n) is 4.49. The summed E-state index contributed by atoms with van der Waals surface area (Å²) in [5.41, 5.74) is 4.09. The van der Waals surface area contributed by atoms with Crippen LogP contribution in [0.5, 0.6) is 0 Å². The summed E-state index contributed by atoms with van der Waals surface area (Å²) in [5.74, 6) is 0. The predicted molar refractivity (Wildman–Crippen MR) is 216 cm³/mol. The van der Waals surface area contributed by atoms with Crippen LogP contribution < -0.4 is 113 Å². The number of hydrogen-bond donors (Lipinski definition) is 0. The first-order valence-corrected chi connectivity index (χ1v) is 18.8. The molecule has 0 bridgehead atoms. The zero-order valence-corrected chi connectivity index (χ0v) is 44.8. The molecule has 6 aromatic heterocycles. The average molecular weight is 1080 g/mol. The molecule has 1 saturated heterocycles. The van der Waals surface area contributed by atoms with Crippen molar-refractivity contribution in [3.05, 3.63) is 62.0 Å². The van der Waals surface area contributed by atoms with Gasteiger partial charge in [0.1, 0.15) is 14.2 Å². The molecule has 0 amide bonds. The van der Waals surface area contributed by atoms with E-state index in [0.717, 1.165) is 51.4 Å². The molecule has 7 rings (SSSR count). The summed E-state index contributed by atoms with van der Waals surface area (Å²) in [6.07, 6.45) is 11.0. The zero-order chi connectivity index (χ0) is 39.0. The number of alkyl halides is 2. The van der Waals surface area contributed by atoms with Gasteiger partial charge in [-0.1, -0.05) is 0 Å². The van der Waals surface area contributed by atoms with Crippen LogP contribution in [0.3, 0.4) is 0 Å². The van der Waals surface area contributed by atoms with E-state index in [1.165, 1.54) is 0 Å². The summed E-state index contributed by atoms with van der Waals surface area (Å²) in [6, 6.07) is 4.05. The molecule has 0 N–H and O–H groups in total. The van der Waals surface area contributed by atoms with Gasteiger partial charge in [0, 0.05) is 84.5 Å². The normalized spacial score (nSPS) is 13.5. The van der Waals surface area contributed by atoms with E-state index >= 15 is 0 Å². The maximum atomic E-state index is 8.64. The second kappa shape index (κ2) is 24.0. The minimum absolute atomic E-state index is 0. The van der Waals surface area contributed by atoms with Crippen LogP contribution in [0.15, 0.2) is 58.3 Å². The Morgan fingerprint density at radius 3 is 1.76 bits per heavy atom. The van der Waals surface area contributed by atoms with Gasteiger partial charge in [-0.2, -0.15) is 20.4 Å². The Labute approximate surface area is 441 Å². The van der Waals surface area contributed by atoms with E-state index in [0.29, 0.717) is 0 Å². The Balaban J connectivity index is 0.000000713. The van der Waals surface area contributed by atoms with Crippen molar-refractivity contribution in [2.24, 2.45) is 28.2 Å². The van der Waals surface area contributed by atoms with E-state index < -0.39 is 0 Å². The van der Waals surface area contributed by atoms with Gasteiger partial charge in [0.25, 0.3) is 6.47 Å². The Bertz CT molecular complexity index is 2090. The Morgan fingerprint density at radius 1 is 0.870 bits per heavy atom. The SMILES string of the molecule is CC(Cl)Cl.Cn1cc(-c2nn(C)c3ncc(Br)cc23)cn1.Cn1cc(B2OC(C)(C)C(C)(C)O2)cn1.Cn1nc(I)c2cc(Br)cnc21.O=CO[O-].[H-].[K+].[K+]. The number of aryl methyl sites for hydroxylation is 4. The smallest absolute Gasteiger partial charge is 1.00 e. The summed E-state index contributed by atoms with van der Waals surface area (Å²) in [4.78, 5) is 19.6. The van der Waals surface area contributed by atoms with Gasteiger partial charge in [0.05, 0.1) is 22.8 Å². The first-order chi connectivity index (χ1) is 24.3. The molecule has 54 heavy (non-hydrogen) atoms. The molecular formula is C31H38BBr2Cl2IK2N10O5. The van der Waals surface area contributed by atoms with Gasteiger partial charge < -0.3 is 20.9 Å². The molecule has 0 aliphatic carbocycles. The molecule has 0 atom stereocenters. The first-order valence-electron chi connectivity index (χ1n) is 15.3. The first kappa shape index (κ1) is 52.6. The van der Waals surface area contributed by atoms with Crippen molar-refractivity contribution in [1.82, 2.24) is 49.1 Å². The largest absolute Gasteiger partial charge is 1.00 e. The van der Waals surface area contributed by atoms with E-state index in [1.54, 1.807) is 44.2 Å². The second-order valence-corrected chi connectivity index (χ2v) is 16.5. The van der Waals surface area contributed by atoms with Crippen LogP contribution in [0.2, 0.25) is 0 Å². The fraction of sp³-hybridized carbons (Fsp3) is 0.387. The zero-order valence-electron chi connectivity index (χ0n) is 32.8. The number of rotatable bonds is 3.